The van der Waals surface area contributed by atoms with Crippen molar-refractivity contribution in [3.05, 3.63) is 0 Å². The van der Waals surface area contributed by atoms with E-state index in [1.165, 1.54) is 0 Å². The highest BCUT2D eigenvalue weighted by molar-refractivity contribution is 6.84. The summed E-state index contributed by atoms with van der Waals surface area (Å²) in [4.78, 5) is 32.4. The van der Waals surface area contributed by atoms with Gasteiger partial charge >= 0.3 is 11.9 Å². The fraction of sp³-hybridized carbons (Fsp3) is 0.957. The lowest BCUT2D eigenvalue weighted by Gasteiger charge is -2.34. The van der Waals surface area contributed by atoms with Gasteiger partial charge in [0.2, 0.25) is 0 Å². The van der Waals surface area contributed by atoms with Crippen LogP contribution in [0.15, 0.2) is 0 Å². The second kappa shape index (κ2) is 55.5. The minimum atomic E-state index is -1.84. The van der Waals surface area contributed by atoms with Crippen molar-refractivity contribution >= 4 is 51.8 Å². The van der Waals surface area contributed by atoms with Crippen LogP contribution in [-0.2, 0) is 99.3 Å². The number of hydrogen-bond acceptors (Lipinski definition) is 21. The van der Waals surface area contributed by atoms with Crippen LogP contribution in [0.3, 0.4) is 0 Å². The molecule has 0 aliphatic heterocycles. The van der Waals surface area contributed by atoms with Crippen molar-refractivity contribution in [2.75, 3.05) is 223 Å². The minimum Gasteiger partial charge on any atom is -0.462 e. The van der Waals surface area contributed by atoms with Crippen LogP contribution in [0.2, 0.25) is 38.3 Å². The molecule has 424 valence electrons. The maximum Gasteiger partial charge on any atom is 0.320 e. The zero-order valence-corrected chi connectivity index (χ0v) is 47.1. The van der Waals surface area contributed by atoms with Gasteiger partial charge in [-0.25, -0.2) is 9.78 Å². The van der Waals surface area contributed by atoms with Crippen molar-refractivity contribution in [3.63, 3.8) is 0 Å². The van der Waals surface area contributed by atoms with E-state index in [4.69, 9.17) is 113 Å². The number of ether oxygens (including phenoxy) is 16. The van der Waals surface area contributed by atoms with Gasteiger partial charge < -0.3 is 79.9 Å². The topological polar surface area (TPSA) is 210 Å². The van der Waals surface area contributed by atoms with Gasteiger partial charge in [-0.15, -0.1) is 23.2 Å². The molecule has 0 rings (SSSR count). The third kappa shape index (κ3) is 58.4. The third-order valence-corrected chi connectivity index (χ3v) is 17.1. The Hall–Kier alpha value is -0.726. The van der Waals surface area contributed by atoms with Crippen LogP contribution >= 0.6 is 23.2 Å². The largest absolute Gasteiger partial charge is 0.462 e. The molecule has 71 heavy (non-hydrogen) atoms. The molecule has 0 amide bonds. The third-order valence-electron chi connectivity index (χ3n) is 9.14. The summed E-state index contributed by atoms with van der Waals surface area (Å²) in [6.45, 7) is 24.1. The maximum atomic E-state index is 10.9. The van der Waals surface area contributed by atoms with Crippen molar-refractivity contribution < 1.29 is 99.3 Å². The van der Waals surface area contributed by atoms with Crippen LogP contribution in [0.4, 0.5) is 0 Å². The first kappa shape index (κ1) is 70.3. The molecule has 0 aromatic carbocycles. The Morgan fingerprint density at radius 3 is 0.775 bits per heavy atom. The summed E-state index contributed by atoms with van der Waals surface area (Å²) in [7, 11) is -3.65. The SMILES string of the molecule is C[Si](C)(CCCOCCOCCOCCOCCOCCOCCOCCOCCOC(=O)CCl)O[Si](C)(C)CCCOOCCOCCOCCOCCCCOCCOCCOCCOC(=O)CCl. The average Bonchev–Trinajstić information content (AvgIpc) is 3.34. The van der Waals surface area contributed by atoms with E-state index in [1.54, 1.807) is 0 Å². The molecule has 0 saturated heterocycles. The number of halogens is 2. The van der Waals surface area contributed by atoms with Gasteiger partial charge in [0.1, 0.15) is 31.6 Å². The molecular weight excluding hydrogens is 1020 g/mol. The summed E-state index contributed by atoms with van der Waals surface area (Å²) in [6, 6.07) is 2.05. The van der Waals surface area contributed by atoms with E-state index in [2.05, 4.69) is 26.2 Å². The van der Waals surface area contributed by atoms with Gasteiger partial charge in [-0.3, -0.25) is 9.59 Å². The van der Waals surface area contributed by atoms with E-state index >= 15 is 0 Å². The van der Waals surface area contributed by atoms with Crippen molar-refractivity contribution in [3.8, 4) is 0 Å². The molecule has 0 aromatic heterocycles. The van der Waals surface area contributed by atoms with Gasteiger partial charge in [0.25, 0.3) is 0 Å². The molecule has 21 nitrogen and oxygen atoms in total. The second-order valence-electron chi connectivity index (χ2n) is 16.5. The van der Waals surface area contributed by atoms with Crippen molar-refractivity contribution in [2.45, 2.75) is 64.0 Å². The van der Waals surface area contributed by atoms with E-state index in [0.29, 0.717) is 198 Å². The first-order valence-electron chi connectivity index (χ1n) is 25.1. The van der Waals surface area contributed by atoms with Crippen LogP contribution in [-0.4, -0.2) is 252 Å². The summed E-state index contributed by atoms with van der Waals surface area (Å²) in [5.74, 6) is -1.23. The normalized spacial score (nSPS) is 12.0. The molecule has 0 heterocycles. The van der Waals surface area contributed by atoms with Gasteiger partial charge in [0, 0.05) is 19.8 Å². The Bertz CT molecular complexity index is 1050. The zero-order valence-electron chi connectivity index (χ0n) is 43.6. The first-order chi connectivity index (χ1) is 34.6. The predicted octanol–water partition coefficient (Wildman–Crippen LogP) is 4.72. The maximum absolute atomic E-state index is 10.9. The number of esters is 2. The molecule has 0 aromatic rings. The van der Waals surface area contributed by atoms with Crippen LogP contribution < -0.4 is 0 Å². The van der Waals surface area contributed by atoms with E-state index < -0.39 is 28.6 Å². The predicted molar refractivity (Wildman–Crippen MR) is 271 cm³/mol. The molecule has 0 N–H and O–H groups in total. The van der Waals surface area contributed by atoms with E-state index in [-0.39, 0.29) is 25.0 Å². The van der Waals surface area contributed by atoms with Gasteiger partial charge in [0.05, 0.1) is 172 Å². The second-order valence-corrected chi connectivity index (χ2v) is 25.9. The highest BCUT2D eigenvalue weighted by Crippen LogP contribution is 2.24. The molecular formula is C46H92Cl2O21Si2. The van der Waals surface area contributed by atoms with Crippen molar-refractivity contribution in [2.24, 2.45) is 0 Å². The smallest absolute Gasteiger partial charge is 0.320 e. The summed E-state index contributed by atoms with van der Waals surface area (Å²) in [5.41, 5.74) is 0. The molecule has 25 heteroatoms. The van der Waals surface area contributed by atoms with E-state index in [0.717, 1.165) is 37.8 Å². The fourth-order valence-electron chi connectivity index (χ4n) is 5.86. The monoisotopic (exact) mass is 1110 g/mol. The molecule has 0 unspecified atom stereocenters. The standard InChI is InChI=1S/C46H92Cl2O21Si2/c1-70(2,41-7-11-53-15-18-56-19-20-57-21-22-58-23-24-59-25-26-60-27-28-61-30-33-63-36-39-66-46(50)44-48)69-71(3,4)42-8-12-67-68-40-37-64-34-31-55-17-14-52-10-6-5-9-51-13-16-54-29-32-62-35-38-65-45(49)43-47/h5-44H2,1-4H3. The number of carbonyl (C=O) groups is 2. The number of hydrogen-bond donors (Lipinski definition) is 0. The molecule has 0 atom stereocenters. The van der Waals surface area contributed by atoms with Crippen molar-refractivity contribution in [1.82, 2.24) is 0 Å². The number of carbonyl (C=O) groups excluding carboxylic acids is 2. The molecule has 0 aliphatic rings. The average molecular weight is 1110 g/mol. The van der Waals surface area contributed by atoms with E-state index in [1.807, 2.05) is 0 Å². The highest BCUT2D eigenvalue weighted by atomic mass is 35.5. The first-order valence-corrected chi connectivity index (χ1v) is 32.4. The van der Waals surface area contributed by atoms with Crippen molar-refractivity contribution in [1.29, 1.82) is 0 Å². The Labute approximate surface area is 436 Å². The molecule has 0 spiro atoms. The van der Waals surface area contributed by atoms with Gasteiger partial charge in [0.15, 0.2) is 16.6 Å². The van der Waals surface area contributed by atoms with Gasteiger partial charge in [-0.05, 0) is 64.0 Å². The summed E-state index contributed by atoms with van der Waals surface area (Å²) >= 11 is 10.7. The van der Waals surface area contributed by atoms with Gasteiger partial charge in [-0.2, -0.15) is 0 Å². The minimum absolute atomic E-state index is 0.156. The van der Waals surface area contributed by atoms with Crippen LogP contribution in [0.5, 0.6) is 0 Å². The molecule has 0 aliphatic carbocycles. The number of unbranched alkanes of at least 4 members (excludes halogenated alkanes) is 1. The molecule has 0 radical (unpaired) electrons. The summed E-state index contributed by atoms with van der Waals surface area (Å²) in [6.07, 6.45) is 3.67. The fourth-order valence-corrected chi connectivity index (χ4v) is 14.8. The zero-order chi connectivity index (χ0) is 51.9. The highest BCUT2D eigenvalue weighted by Gasteiger charge is 2.32. The number of alkyl halides is 2. The summed E-state index contributed by atoms with van der Waals surface area (Å²) < 4.78 is 93.4. The number of rotatable bonds is 60. The Kier molecular flexibility index (Phi) is 54.9. The molecule has 0 bridgehead atoms. The molecule has 0 fully saturated rings. The lowest BCUT2D eigenvalue weighted by molar-refractivity contribution is -0.299. The quantitative estimate of drug-likeness (QED) is 0.0202. The molecule has 0 saturated carbocycles. The Morgan fingerprint density at radius 2 is 0.493 bits per heavy atom. The Balaban J connectivity index is 3.38. The van der Waals surface area contributed by atoms with Crippen LogP contribution in [0.25, 0.3) is 0 Å². The lowest BCUT2D eigenvalue weighted by atomic mass is 10.3. The summed E-state index contributed by atoms with van der Waals surface area (Å²) in [5, 5.41) is 0. The lowest BCUT2D eigenvalue weighted by Crippen LogP contribution is -2.44. The van der Waals surface area contributed by atoms with E-state index in [9.17, 15) is 9.59 Å². The van der Waals surface area contributed by atoms with Crippen LogP contribution in [0.1, 0.15) is 25.7 Å². The Morgan fingerprint density at radius 1 is 0.282 bits per heavy atom. The van der Waals surface area contributed by atoms with Gasteiger partial charge in [-0.1, -0.05) is 0 Å². The van der Waals surface area contributed by atoms with Crippen LogP contribution in [0, 0.1) is 0 Å².